The lowest BCUT2D eigenvalue weighted by Gasteiger charge is -2.04. The largest absolute Gasteiger partial charge is 0.309 e. The summed E-state index contributed by atoms with van der Waals surface area (Å²) in [7, 11) is 0. The van der Waals surface area contributed by atoms with Gasteiger partial charge in [-0.15, -0.1) is 0 Å². The molecule has 0 spiro atoms. The van der Waals surface area contributed by atoms with E-state index in [4.69, 9.17) is 0 Å². The maximum Gasteiger partial charge on any atom is 0.258 e. The van der Waals surface area contributed by atoms with Gasteiger partial charge < -0.3 is 10.3 Å². The van der Waals surface area contributed by atoms with Gasteiger partial charge in [-0.05, 0) is 12.1 Å². The Kier molecular flexibility index (Phi) is 3.71. The van der Waals surface area contributed by atoms with Crippen LogP contribution in [-0.2, 0) is 6.54 Å². The average Bonchev–Trinajstić information content (AvgIpc) is 2.28. The summed E-state index contributed by atoms with van der Waals surface area (Å²) in [5, 5.41) is 3.73. The average molecular weight is 294 g/mol. The van der Waals surface area contributed by atoms with Crippen LogP contribution in [0.2, 0.25) is 0 Å². The van der Waals surface area contributed by atoms with Crippen molar-refractivity contribution in [2.45, 2.75) is 6.54 Å². The summed E-state index contributed by atoms with van der Waals surface area (Å²) in [6.45, 7) is 4.86. The third kappa shape index (κ3) is 3.01. The van der Waals surface area contributed by atoms with Crippen molar-refractivity contribution in [3.8, 4) is 0 Å². The quantitative estimate of drug-likeness (QED) is 0.905. The highest BCUT2D eigenvalue weighted by Gasteiger charge is 2.02. The van der Waals surface area contributed by atoms with Crippen molar-refractivity contribution < 1.29 is 0 Å². The maximum atomic E-state index is 11.7. The first-order valence-electron chi connectivity index (χ1n) is 5.19. The molecule has 0 aliphatic carbocycles. The van der Waals surface area contributed by atoms with Crippen LogP contribution in [0.15, 0.2) is 40.1 Å². The molecule has 0 fully saturated rings. The summed E-state index contributed by atoms with van der Waals surface area (Å²) in [5.41, 5.74) is 0.607. The number of fused-ring (bicyclic) bond motifs is 1. The Hall–Kier alpha value is -1.46. The van der Waals surface area contributed by atoms with Crippen molar-refractivity contribution in [1.82, 2.24) is 15.3 Å². The van der Waals surface area contributed by atoms with Crippen LogP contribution in [0, 0.1) is 0 Å². The monoisotopic (exact) mass is 293 g/mol. The van der Waals surface area contributed by atoms with Crippen LogP contribution in [0.4, 0.5) is 0 Å². The van der Waals surface area contributed by atoms with Gasteiger partial charge in [-0.1, -0.05) is 34.6 Å². The molecule has 17 heavy (non-hydrogen) atoms. The molecule has 0 radical (unpaired) electrons. The van der Waals surface area contributed by atoms with E-state index in [0.717, 1.165) is 4.48 Å². The Morgan fingerprint density at radius 2 is 2.24 bits per heavy atom. The molecule has 1 aromatic carbocycles. The van der Waals surface area contributed by atoms with E-state index in [0.29, 0.717) is 29.8 Å². The zero-order valence-electron chi connectivity index (χ0n) is 9.16. The molecule has 0 atom stereocenters. The molecule has 0 aliphatic rings. The molecule has 0 bridgehead atoms. The number of benzene rings is 1. The molecule has 0 saturated carbocycles. The van der Waals surface area contributed by atoms with E-state index in [-0.39, 0.29) is 5.56 Å². The summed E-state index contributed by atoms with van der Waals surface area (Å²) in [6, 6.07) is 7.29. The Balaban J connectivity index is 2.25. The van der Waals surface area contributed by atoms with Crippen LogP contribution in [0.5, 0.6) is 0 Å². The van der Waals surface area contributed by atoms with E-state index in [1.807, 2.05) is 18.2 Å². The van der Waals surface area contributed by atoms with Gasteiger partial charge in [0.25, 0.3) is 5.56 Å². The van der Waals surface area contributed by atoms with E-state index in [9.17, 15) is 4.79 Å². The minimum absolute atomic E-state index is 0.106. The molecule has 88 valence electrons. The Bertz CT molecular complexity index is 606. The second kappa shape index (κ2) is 5.25. The van der Waals surface area contributed by atoms with E-state index in [1.54, 1.807) is 6.07 Å². The van der Waals surface area contributed by atoms with Crippen LogP contribution in [0.1, 0.15) is 5.82 Å². The number of halogens is 1. The van der Waals surface area contributed by atoms with E-state index < -0.39 is 0 Å². The predicted molar refractivity (Wildman–Crippen MR) is 72.1 cm³/mol. The van der Waals surface area contributed by atoms with Crippen molar-refractivity contribution >= 4 is 26.8 Å². The molecular formula is C12H12BrN3O. The van der Waals surface area contributed by atoms with E-state index in [1.165, 1.54) is 0 Å². The van der Waals surface area contributed by atoms with Gasteiger partial charge >= 0.3 is 0 Å². The third-order valence-corrected chi connectivity index (χ3v) is 2.55. The normalized spacial score (nSPS) is 10.6. The molecule has 2 rings (SSSR count). The lowest BCUT2D eigenvalue weighted by Crippen LogP contribution is -2.20. The zero-order chi connectivity index (χ0) is 12.3. The van der Waals surface area contributed by atoms with Crippen LogP contribution in [0.25, 0.3) is 10.9 Å². The van der Waals surface area contributed by atoms with Gasteiger partial charge in [-0.25, -0.2) is 4.98 Å². The molecule has 0 unspecified atom stereocenters. The Morgan fingerprint density at radius 3 is 3.00 bits per heavy atom. The molecule has 5 heteroatoms. The van der Waals surface area contributed by atoms with Gasteiger partial charge in [0.05, 0.1) is 17.4 Å². The topological polar surface area (TPSA) is 57.8 Å². The van der Waals surface area contributed by atoms with Crippen molar-refractivity contribution in [3.63, 3.8) is 0 Å². The summed E-state index contributed by atoms with van der Waals surface area (Å²) in [4.78, 5) is 18.9. The summed E-state index contributed by atoms with van der Waals surface area (Å²) >= 11 is 3.25. The molecule has 1 heterocycles. The first-order chi connectivity index (χ1) is 8.16. The second-order valence-corrected chi connectivity index (χ2v) is 4.77. The van der Waals surface area contributed by atoms with Crippen LogP contribution >= 0.6 is 15.9 Å². The van der Waals surface area contributed by atoms with Gasteiger partial charge in [0.15, 0.2) is 0 Å². The van der Waals surface area contributed by atoms with Gasteiger partial charge in [-0.2, -0.15) is 0 Å². The number of nitrogens with zero attached hydrogens (tertiary/aromatic N) is 1. The molecule has 0 saturated heterocycles. The highest BCUT2D eigenvalue weighted by Crippen LogP contribution is 2.05. The Morgan fingerprint density at radius 1 is 1.47 bits per heavy atom. The lowest BCUT2D eigenvalue weighted by molar-refractivity contribution is 0.715. The summed E-state index contributed by atoms with van der Waals surface area (Å²) < 4.78 is 0.862. The van der Waals surface area contributed by atoms with E-state index >= 15 is 0 Å². The third-order valence-electron chi connectivity index (χ3n) is 2.27. The minimum Gasteiger partial charge on any atom is -0.309 e. The zero-order valence-corrected chi connectivity index (χ0v) is 10.8. The van der Waals surface area contributed by atoms with Gasteiger partial charge in [0.2, 0.25) is 0 Å². The molecule has 1 aromatic heterocycles. The Labute approximate surface area is 107 Å². The van der Waals surface area contributed by atoms with Crippen molar-refractivity contribution in [2.75, 3.05) is 6.54 Å². The first-order valence-corrected chi connectivity index (χ1v) is 5.98. The number of hydrogen-bond donors (Lipinski definition) is 2. The highest BCUT2D eigenvalue weighted by atomic mass is 79.9. The minimum atomic E-state index is -0.106. The predicted octanol–water partition coefficient (Wildman–Crippen LogP) is 1.92. The van der Waals surface area contributed by atoms with Crippen molar-refractivity contribution in [1.29, 1.82) is 0 Å². The highest BCUT2D eigenvalue weighted by molar-refractivity contribution is 9.11. The molecule has 2 N–H and O–H groups in total. The summed E-state index contributed by atoms with van der Waals surface area (Å²) in [6.07, 6.45) is 0. The van der Waals surface area contributed by atoms with Crippen LogP contribution < -0.4 is 10.9 Å². The van der Waals surface area contributed by atoms with Crippen LogP contribution in [0.3, 0.4) is 0 Å². The molecule has 0 aliphatic heterocycles. The molecular weight excluding hydrogens is 282 g/mol. The fraction of sp³-hybridized carbons (Fsp3) is 0.167. The molecule has 4 nitrogen and oxygen atoms in total. The number of nitrogens with one attached hydrogen (secondary N) is 2. The lowest BCUT2D eigenvalue weighted by atomic mass is 10.2. The molecule has 0 amide bonds. The van der Waals surface area contributed by atoms with Crippen LogP contribution in [-0.4, -0.2) is 16.5 Å². The maximum absolute atomic E-state index is 11.7. The first kappa shape index (κ1) is 12.0. The van der Waals surface area contributed by atoms with E-state index in [2.05, 4.69) is 37.8 Å². The van der Waals surface area contributed by atoms with Crippen molar-refractivity contribution in [3.05, 3.63) is 51.5 Å². The number of H-pyrrole nitrogens is 1. The SMILES string of the molecule is C=C(Br)CNCc1nc2ccccc2c(=O)[nH]1. The number of rotatable bonds is 4. The number of para-hydroxylation sites is 1. The standard InChI is InChI=1S/C12H12BrN3O/c1-8(13)6-14-7-11-15-10-5-3-2-4-9(10)12(17)16-11/h2-5,14H,1,6-7H2,(H,15,16,17). The van der Waals surface area contributed by atoms with Gasteiger partial charge in [-0.3, -0.25) is 4.79 Å². The van der Waals surface area contributed by atoms with Gasteiger partial charge in [0.1, 0.15) is 5.82 Å². The fourth-order valence-electron chi connectivity index (χ4n) is 1.54. The number of aromatic amines is 1. The number of aromatic nitrogens is 2. The van der Waals surface area contributed by atoms with Crippen molar-refractivity contribution in [2.24, 2.45) is 0 Å². The van der Waals surface area contributed by atoms with Gasteiger partial charge in [0, 0.05) is 11.0 Å². The second-order valence-electron chi connectivity index (χ2n) is 3.65. The number of hydrogen-bond acceptors (Lipinski definition) is 3. The fourth-order valence-corrected chi connectivity index (χ4v) is 1.73. The smallest absolute Gasteiger partial charge is 0.258 e. The summed E-state index contributed by atoms with van der Waals surface area (Å²) in [5.74, 6) is 0.627. The molecule has 2 aromatic rings.